The van der Waals surface area contributed by atoms with E-state index in [1.165, 1.54) is 0 Å². The summed E-state index contributed by atoms with van der Waals surface area (Å²) in [4.78, 5) is 13.2. The lowest BCUT2D eigenvalue weighted by Gasteiger charge is -2.32. The van der Waals surface area contributed by atoms with Gasteiger partial charge in [0, 0.05) is 32.7 Å². The van der Waals surface area contributed by atoms with Crippen molar-refractivity contribution in [1.82, 2.24) is 4.90 Å². The van der Waals surface area contributed by atoms with Crippen molar-refractivity contribution in [2.45, 2.75) is 31.9 Å². The fraction of sp³-hybridized carbons (Fsp3) is 0.889. The van der Waals surface area contributed by atoms with E-state index in [-0.39, 0.29) is 18.1 Å². The van der Waals surface area contributed by atoms with Gasteiger partial charge in [-0.15, -0.1) is 0 Å². The van der Waals surface area contributed by atoms with Crippen molar-refractivity contribution in [3.63, 3.8) is 0 Å². The number of methoxy groups -OCH3 is 1. The van der Waals surface area contributed by atoms with Crippen LogP contribution >= 0.6 is 0 Å². The summed E-state index contributed by atoms with van der Waals surface area (Å²) in [5, 5.41) is 0. The summed E-state index contributed by atoms with van der Waals surface area (Å²) in [6, 6.07) is 0.141. The number of amides is 1. The highest BCUT2D eigenvalue weighted by Crippen LogP contribution is 2.10. The second-order valence-corrected chi connectivity index (χ2v) is 3.64. The average molecular weight is 186 g/mol. The van der Waals surface area contributed by atoms with Crippen molar-refractivity contribution in [1.29, 1.82) is 0 Å². The molecule has 0 aromatic heterocycles. The molecule has 2 N–H and O–H groups in total. The quantitative estimate of drug-likeness (QED) is 0.673. The maximum absolute atomic E-state index is 11.4. The van der Waals surface area contributed by atoms with Crippen LogP contribution in [0.25, 0.3) is 0 Å². The minimum Gasteiger partial charge on any atom is -0.380 e. The smallest absolute Gasteiger partial charge is 0.222 e. The standard InChI is InChI=1S/C9H18N2O2/c1-7(13-2)5-11-6-8(10)3-4-9(11)12/h7-8H,3-6,10H2,1-2H3. The van der Waals surface area contributed by atoms with Gasteiger partial charge in [0.05, 0.1) is 6.10 Å². The Hall–Kier alpha value is -0.610. The highest BCUT2D eigenvalue weighted by molar-refractivity contribution is 5.77. The van der Waals surface area contributed by atoms with E-state index >= 15 is 0 Å². The molecule has 4 nitrogen and oxygen atoms in total. The van der Waals surface area contributed by atoms with Crippen molar-refractivity contribution in [2.24, 2.45) is 5.73 Å². The van der Waals surface area contributed by atoms with Crippen LogP contribution in [0.15, 0.2) is 0 Å². The number of hydrogen-bond donors (Lipinski definition) is 1. The van der Waals surface area contributed by atoms with E-state index in [2.05, 4.69) is 0 Å². The highest BCUT2D eigenvalue weighted by Gasteiger charge is 2.24. The molecule has 76 valence electrons. The van der Waals surface area contributed by atoms with Gasteiger partial charge in [-0.1, -0.05) is 0 Å². The molecule has 1 amide bonds. The van der Waals surface area contributed by atoms with Gasteiger partial charge < -0.3 is 15.4 Å². The molecule has 2 unspecified atom stereocenters. The van der Waals surface area contributed by atoms with Crippen LogP contribution in [0.1, 0.15) is 19.8 Å². The van der Waals surface area contributed by atoms with Crippen LogP contribution in [0.3, 0.4) is 0 Å². The molecule has 0 spiro atoms. The Morgan fingerprint density at radius 2 is 2.46 bits per heavy atom. The molecule has 0 saturated carbocycles. The third-order valence-corrected chi connectivity index (χ3v) is 2.42. The van der Waals surface area contributed by atoms with Crippen LogP contribution in [-0.4, -0.2) is 43.2 Å². The van der Waals surface area contributed by atoms with Gasteiger partial charge in [0.25, 0.3) is 0 Å². The summed E-state index contributed by atoms with van der Waals surface area (Å²) < 4.78 is 5.10. The van der Waals surface area contributed by atoms with E-state index in [1.807, 2.05) is 6.92 Å². The summed E-state index contributed by atoms with van der Waals surface area (Å²) in [7, 11) is 1.65. The van der Waals surface area contributed by atoms with E-state index in [9.17, 15) is 4.79 Å². The van der Waals surface area contributed by atoms with Crippen LogP contribution in [-0.2, 0) is 9.53 Å². The summed E-state index contributed by atoms with van der Waals surface area (Å²) in [5.74, 6) is 0.200. The van der Waals surface area contributed by atoms with Gasteiger partial charge in [-0.3, -0.25) is 4.79 Å². The largest absolute Gasteiger partial charge is 0.380 e. The van der Waals surface area contributed by atoms with Gasteiger partial charge in [-0.05, 0) is 13.3 Å². The lowest BCUT2D eigenvalue weighted by atomic mass is 10.1. The van der Waals surface area contributed by atoms with Crippen molar-refractivity contribution in [3.05, 3.63) is 0 Å². The molecule has 0 aliphatic carbocycles. The summed E-state index contributed by atoms with van der Waals surface area (Å²) in [6.45, 7) is 3.28. The molecule has 0 aromatic carbocycles. The molecule has 1 fully saturated rings. The number of carbonyl (C=O) groups excluding carboxylic acids is 1. The molecule has 1 rings (SSSR count). The van der Waals surface area contributed by atoms with Crippen molar-refractivity contribution in [2.75, 3.05) is 20.2 Å². The zero-order chi connectivity index (χ0) is 9.84. The van der Waals surface area contributed by atoms with E-state index in [0.29, 0.717) is 19.5 Å². The van der Waals surface area contributed by atoms with Gasteiger partial charge in [0.1, 0.15) is 0 Å². The van der Waals surface area contributed by atoms with E-state index in [4.69, 9.17) is 10.5 Å². The molecule has 1 heterocycles. The number of rotatable bonds is 3. The van der Waals surface area contributed by atoms with Gasteiger partial charge >= 0.3 is 0 Å². The monoisotopic (exact) mass is 186 g/mol. The molecular weight excluding hydrogens is 168 g/mol. The van der Waals surface area contributed by atoms with Crippen LogP contribution in [0, 0.1) is 0 Å². The first-order chi connectivity index (χ1) is 6.13. The minimum atomic E-state index is 0.0919. The maximum Gasteiger partial charge on any atom is 0.222 e. The number of carbonyl (C=O) groups is 1. The lowest BCUT2D eigenvalue weighted by molar-refractivity contribution is -0.135. The molecule has 2 atom stereocenters. The minimum absolute atomic E-state index is 0.0919. The predicted molar refractivity (Wildman–Crippen MR) is 50.3 cm³/mol. The van der Waals surface area contributed by atoms with Crippen molar-refractivity contribution < 1.29 is 9.53 Å². The summed E-state index contributed by atoms with van der Waals surface area (Å²) in [5.41, 5.74) is 5.77. The second-order valence-electron chi connectivity index (χ2n) is 3.64. The zero-order valence-electron chi connectivity index (χ0n) is 8.32. The van der Waals surface area contributed by atoms with Crippen LogP contribution in [0.2, 0.25) is 0 Å². The molecule has 4 heteroatoms. The number of piperidine rings is 1. The zero-order valence-corrected chi connectivity index (χ0v) is 8.32. The fourth-order valence-corrected chi connectivity index (χ4v) is 1.50. The molecule has 0 bridgehead atoms. The van der Waals surface area contributed by atoms with Crippen molar-refractivity contribution in [3.8, 4) is 0 Å². The molecule has 1 aliphatic rings. The predicted octanol–water partition coefficient (Wildman–Crippen LogP) is -0.0290. The van der Waals surface area contributed by atoms with Gasteiger partial charge in [0.2, 0.25) is 5.91 Å². The molecule has 1 saturated heterocycles. The van der Waals surface area contributed by atoms with Gasteiger partial charge in [0.15, 0.2) is 0 Å². The molecule has 0 radical (unpaired) electrons. The molecule has 13 heavy (non-hydrogen) atoms. The van der Waals surface area contributed by atoms with Gasteiger partial charge in [-0.2, -0.15) is 0 Å². The third kappa shape index (κ3) is 2.97. The average Bonchev–Trinajstić information content (AvgIpc) is 2.11. The summed E-state index contributed by atoms with van der Waals surface area (Å²) in [6.07, 6.45) is 1.49. The van der Waals surface area contributed by atoms with Crippen LogP contribution < -0.4 is 5.73 Å². The van der Waals surface area contributed by atoms with Crippen LogP contribution in [0.4, 0.5) is 0 Å². The normalized spacial score (nSPS) is 26.2. The Kier molecular flexibility index (Phi) is 3.69. The van der Waals surface area contributed by atoms with E-state index in [0.717, 1.165) is 6.42 Å². The Morgan fingerprint density at radius 3 is 3.08 bits per heavy atom. The third-order valence-electron chi connectivity index (χ3n) is 2.42. The Bertz CT molecular complexity index is 184. The highest BCUT2D eigenvalue weighted by atomic mass is 16.5. The topological polar surface area (TPSA) is 55.6 Å². The van der Waals surface area contributed by atoms with E-state index in [1.54, 1.807) is 12.0 Å². The molecular formula is C9H18N2O2. The number of hydrogen-bond acceptors (Lipinski definition) is 3. The first-order valence-corrected chi connectivity index (χ1v) is 4.69. The van der Waals surface area contributed by atoms with Gasteiger partial charge in [-0.25, -0.2) is 0 Å². The SMILES string of the molecule is COC(C)CN1CC(N)CCC1=O. The number of likely N-dealkylation sites (tertiary alicyclic amines) is 1. The Balaban J connectivity index is 2.42. The first-order valence-electron chi connectivity index (χ1n) is 4.69. The Morgan fingerprint density at radius 1 is 1.77 bits per heavy atom. The molecule has 0 aromatic rings. The number of nitrogens with zero attached hydrogens (tertiary/aromatic N) is 1. The van der Waals surface area contributed by atoms with Crippen molar-refractivity contribution >= 4 is 5.91 Å². The second kappa shape index (κ2) is 4.58. The van der Waals surface area contributed by atoms with E-state index < -0.39 is 0 Å². The first kappa shape index (κ1) is 10.5. The fourth-order valence-electron chi connectivity index (χ4n) is 1.50. The maximum atomic E-state index is 11.4. The Labute approximate surface area is 79.0 Å². The van der Waals surface area contributed by atoms with Crippen LogP contribution in [0.5, 0.6) is 0 Å². The summed E-state index contributed by atoms with van der Waals surface area (Å²) >= 11 is 0. The number of nitrogens with two attached hydrogens (primary N) is 1. The molecule has 1 aliphatic heterocycles. The number of ether oxygens (including phenoxy) is 1. The lowest BCUT2D eigenvalue weighted by Crippen LogP contribution is -2.48.